The Kier molecular flexibility index (Phi) is 6.28. The lowest BCUT2D eigenvalue weighted by atomic mass is 9.77. The number of hydrogen-bond donors (Lipinski definition) is 1. The second-order valence-corrected chi connectivity index (χ2v) is 12.7. The third-order valence-corrected chi connectivity index (χ3v) is 9.68. The predicted molar refractivity (Wildman–Crippen MR) is 157 cm³/mol. The van der Waals surface area contributed by atoms with Gasteiger partial charge in [0.05, 0.1) is 0 Å². The lowest BCUT2D eigenvalue weighted by Gasteiger charge is -2.28. The number of fused-ring (bicyclic) bond motifs is 7. The standard InChI is InChI=1S/C32H27Cl2O4P/c33-27-15-7-5-13-23(27)25-17-19-9-1-3-11-21(19)29-30-22-12-4-2-10-20(22)18-26(24-14-6-8-16-28(24)34)32(30)38-39(35,36)37-31(25)29/h5-8,13-18H,1-4,9-12H2,(H,35,36). The van der Waals surface area contributed by atoms with Crippen molar-refractivity contribution in [2.45, 2.75) is 51.4 Å². The summed E-state index contributed by atoms with van der Waals surface area (Å²) < 4.78 is 25.8. The highest BCUT2D eigenvalue weighted by Gasteiger charge is 2.40. The molecule has 4 aromatic carbocycles. The molecule has 3 aliphatic rings. The van der Waals surface area contributed by atoms with Crippen LogP contribution in [0.3, 0.4) is 0 Å². The average molecular weight is 577 g/mol. The van der Waals surface area contributed by atoms with E-state index in [0.717, 1.165) is 84.7 Å². The first-order valence-electron chi connectivity index (χ1n) is 13.5. The molecule has 1 N–H and O–H groups in total. The van der Waals surface area contributed by atoms with Crippen LogP contribution in [0.5, 0.6) is 11.5 Å². The smallest absolute Gasteiger partial charge is 0.394 e. The number of hydrogen-bond acceptors (Lipinski definition) is 3. The van der Waals surface area contributed by atoms with Crippen molar-refractivity contribution in [3.63, 3.8) is 0 Å². The van der Waals surface area contributed by atoms with E-state index in [1.807, 2.05) is 48.5 Å². The number of aryl methyl sites for hydroxylation is 2. The minimum Gasteiger partial charge on any atom is -0.394 e. The summed E-state index contributed by atoms with van der Waals surface area (Å²) in [6.45, 7) is 0. The van der Waals surface area contributed by atoms with Gasteiger partial charge in [-0.2, -0.15) is 0 Å². The highest BCUT2D eigenvalue weighted by molar-refractivity contribution is 7.48. The topological polar surface area (TPSA) is 55.8 Å². The molecule has 0 radical (unpaired) electrons. The van der Waals surface area contributed by atoms with E-state index in [-0.39, 0.29) is 0 Å². The van der Waals surface area contributed by atoms with Gasteiger partial charge in [0, 0.05) is 43.4 Å². The Hall–Kier alpha value is -2.75. The largest absolute Gasteiger partial charge is 0.584 e. The fourth-order valence-corrected chi connectivity index (χ4v) is 7.85. The van der Waals surface area contributed by atoms with Crippen molar-refractivity contribution in [2.24, 2.45) is 0 Å². The maximum Gasteiger partial charge on any atom is 0.584 e. The van der Waals surface area contributed by atoms with Gasteiger partial charge in [0.1, 0.15) is 11.5 Å². The van der Waals surface area contributed by atoms with Crippen LogP contribution >= 0.6 is 31.0 Å². The minimum atomic E-state index is -4.58. The van der Waals surface area contributed by atoms with Gasteiger partial charge in [-0.3, -0.25) is 4.89 Å². The average Bonchev–Trinajstić information content (AvgIpc) is 3.06. The zero-order valence-corrected chi connectivity index (χ0v) is 23.7. The maximum absolute atomic E-state index is 13.7. The van der Waals surface area contributed by atoms with E-state index in [1.54, 1.807) is 0 Å². The van der Waals surface area contributed by atoms with Crippen molar-refractivity contribution in [1.82, 2.24) is 0 Å². The van der Waals surface area contributed by atoms with Crippen molar-refractivity contribution >= 4 is 31.0 Å². The van der Waals surface area contributed by atoms with Crippen LogP contribution in [-0.4, -0.2) is 4.89 Å². The summed E-state index contributed by atoms with van der Waals surface area (Å²) in [5, 5.41) is 1.12. The molecule has 0 unspecified atom stereocenters. The molecule has 4 aromatic rings. The van der Waals surface area contributed by atoms with Crippen LogP contribution < -0.4 is 9.05 Å². The Labute approximate surface area is 238 Å². The number of phosphoric acid groups is 1. The van der Waals surface area contributed by atoms with Gasteiger partial charge in [-0.25, -0.2) is 4.57 Å². The Morgan fingerprint density at radius 1 is 0.615 bits per heavy atom. The van der Waals surface area contributed by atoms with E-state index in [4.69, 9.17) is 32.2 Å². The van der Waals surface area contributed by atoms with Crippen molar-refractivity contribution in [3.05, 3.63) is 93.0 Å². The van der Waals surface area contributed by atoms with Crippen molar-refractivity contribution < 1.29 is 18.5 Å². The van der Waals surface area contributed by atoms with Gasteiger partial charge in [-0.15, -0.1) is 0 Å². The van der Waals surface area contributed by atoms with Gasteiger partial charge < -0.3 is 9.05 Å². The fourth-order valence-electron chi connectivity index (χ4n) is 6.50. The zero-order chi connectivity index (χ0) is 26.7. The number of rotatable bonds is 2. The summed E-state index contributed by atoms with van der Waals surface area (Å²) in [5.41, 5.74) is 9.51. The summed E-state index contributed by atoms with van der Waals surface area (Å²) in [6.07, 6.45) is 7.87. The second kappa shape index (κ2) is 9.71. The molecule has 7 rings (SSSR count). The SMILES string of the molecule is O=P1(O)Oc2c(-c3ccccc3Cl)cc3c(c2-c2c4c(cc(-c5ccccc5Cl)c2O1)CCCC4)CCCC3. The van der Waals surface area contributed by atoms with E-state index < -0.39 is 7.82 Å². The number of halogens is 2. The van der Waals surface area contributed by atoms with Crippen molar-refractivity contribution in [2.75, 3.05) is 0 Å². The molecule has 1 heterocycles. The van der Waals surface area contributed by atoms with Gasteiger partial charge >= 0.3 is 7.82 Å². The van der Waals surface area contributed by atoms with Crippen LogP contribution in [0.2, 0.25) is 10.0 Å². The van der Waals surface area contributed by atoms with Gasteiger partial charge in [-0.1, -0.05) is 59.6 Å². The Balaban J connectivity index is 1.66. The van der Waals surface area contributed by atoms with Gasteiger partial charge in [-0.05, 0) is 97.9 Å². The van der Waals surface area contributed by atoms with Crippen LogP contribution in [0.1, 0.15) is 47.9 Å². The van der Waals surface area contributed by atoms with Crippen molar-refractivity contribution in [3.8, 4) is 44.9 Å². The molecule has 39 heavy (non-hydrogen) atoms. The number of benzene rings is 4. The molecule has 7 heteroatoms. The Morgan fingerprint density at radius 3 is 1.46 bits per heavy atom. The normalized spacial score (nSPS) is 17.0. The van der Waals surface area contributed by atoms with Crippen LogP contribution in [0.4, 0.5) is 0 Å². The molecule has 1 aliphatic heterocycles. The predicted octanol–water partition coefficient (Wildman–Crippen LogP) is 9.62. The summed E-state index contributed by atoms with van der Waals surface area (Å²) in [7, 11) is -4.58. The first-order valence-corrected chi connectivity index (χ1v) is 15.8. The van der Waals surface area contributed by atoms with E-state index in [2.05, 4.69) is 12.1 Å². The van der Waals surface area contributed by atoms with Gasteiger partial charge in [0.15, 0.2) is 0 Å². The van der Waals surface area contributed by atoms with E-state index >= 15 is 0 Å². The van der Waals surface area contributed by atoms with Crippen LogP contribution in [-0.2, 0) is 30.2 Å². The monoisotopic (exact) mass is 576 g/mol. The molecule has 0 fully saturated rings. The van der Waals surface area contributed by atoms with E-state index in [0.29, 0.717) is 21.5 Å². The molecular weight excluding hydrogens is 550 g/mol. The van der Waals surface area contributed by atoms with Crippen molar-refractivity contribution in [1.29, 1.82) is 0 Å². The molecule has 0 amide bonds. The van der Waals surface area contributed by atoms with Crippen LogP contribution in [0.15, 0.2) is 60.7 Å². The highest BCUT2D eigenvalue weighted by atomic mass is 35.5. The summed E-state index contributed by atoms with van der Waals surface area (Å²) >= 11 is 13.4. The third-order valence-electron chi connectivity index (χ3n) is 8.20. The third kappa shape index (κ3) is 4.30. The molecular formula is C32H27Cl2O4P. The summed E-state index contributed by atoms with van der Waals surface area (Å²) in [4.78, 5) is 11.2. The Bertz CT molecular complexity index is 1580. The molecule has 0 spiro atoms. The quantitative estimate of drug-likeness (QED) is 0.241. The minimum absolute atomic E-state index is 0.373. The molecule has 0 bridgehead atoms. The molecule has 198 valence electrons. The number of phosphoric ester groups is 1. The molecule has 0 saturated carbocycles. The molecule has 0 aromatic heterocycles. The second-order valence-electron chi connectivity index (χ2n) is 10.6. The highest BCUT2D eigenvalue weighted by Crippen LogP contribution is 2.62. The first kappa shape index (κ1) is 25.2. The molecule has 2 aliphatic carbocycles. The van der Waals surface area contributed by atoms with E-state index in [9.17, 15) is 9.46 Å². The summed E-state index contributed by atoms with van der Waals surface area (Å²) in [5.74, 6) is 0.745. The van der Waals surface area contributed by atoms with Crippen LogP contribution in [0, 0.1) is 0 Å². The lowest BCUT2D eigenvalue weighted by molar-refractivity contribution is 0.295. The molecule has 4 nitrogen and oxygen atoms in total. The van der Waals surface area contributed by atoms with Gasteiger partial charge in [0.2, 0.25) is 0 Å². The van der Waals surface area contributed by atoms with Crippen LogP contribution in [0.25, 0.3) is 33.4 Å². The van der Waals surface area contributed by atoms with E-state index in [1.165, 1.54) is 22.3 Å². The first-order chi connectivity index (χ1) is 18.9. The maximum atomic E-state index is 13.7. The fraction of sp³-hybridized carbons (Fsp3) is 0.250. The lowest BCUT2D eigenvalue weighted by Crippen LogP contribution is -2.10. The summed E-state index contributed by atoms with van der Waals surface area (Å²) in [6, 6.07) is 19.3. The zero-order valence-electron chi connectivity index (χ0n) is 21.3. The van der Waals surface area contributed by atoms with Gasteiger partial charge in [0.25, 0.3) is 0 Å². The molecule has 0 saturated heterocycles. The molecule has 0 atom stereocenters. The Morgan fingerprint density at radius 2 is 1.03 bits per heavy atom.